The molecule has 0 bridgehead atoms. The molecule has 1 aliphatic carbocycles. The predicted molar refractivity (Wildman–Crippen MR) is 118 cm³/mol. The number of aryl methyl sites for hydroxylation is 1. The van der Waals surface area contributed by atoms with Crippen LogP contribution in [0.2, 0.25) is 5.02 Å². The van der Waals surface area contributed by atoms with E-state index in [2.05, 4.69) is 4.98 Å². The average Bonchev–Trinajstić information content (AvgIpc) is 3.16. The van der Waals surface area contributed by atoms with Crippen LogP contribution in [0, 0.1) is 0 Å². The molecule has 0 unspecified atom stereocenters. The summed E-state index contributed by atoms with van der Waals surface area (Å²) in [6.07, 6.45) is -1.98. The largest absolute Gasteiger partial charge is 0.396 e. The Morgan fingerprint density at radius 1 is 1.06 bits per heavy atom. The molecule has 33 heavy (non-hydrogen) atoms. The zero-order valence-corrected chi connectivity index (χ0v) is 18.8. The zero-order chi connectivity index (χ0) is 24.0. The van der Waals surface area contributed by atoms with Crippen molar-refractivity contribution >= 4 is 22.8 Å². The molecule has 1 saturated carbocycles. The molecule has 4 rings (SSSR count). The monoisotopic (exact) mass is 484 g/mol. The van der Waals surface area contributed by atoms with E-state index in [4.69, 9.17) is 16.7 Å². The van der Waals surface area contributed by atoms with E-state index in [1.807, 2.05) is 0 Å². The van der Waals surface area contributed by atoms with Crippen molar-refractivity contribution < 1.29 is 18.3 Å². The van der Waals surface area contributed by atoms with Gasteiger partial charge in [0.05, 0.1) is 0 Å². The van der Waals surface area contributed by atoms with Crippen molar-refractivity contribution in [3.05, 3.63) is 61.5 Å². The van der Waals surface area contributed by atoms with Gasteiger partial charge in [-0.25, -0.2) is 22.9 Å². The lowest BCUT2D eigenvalue weighted by Gasteiger charge is -2.33. The summed E-state index contributed by atoms with van der Waals surface area (Å²) in [5.74, 6) is -3.10. The molecule has 7 nitrogen and oxygen atoms in total. The van der Waals surface area contributed by atoms with Crippen molar-refractivity contribution in [2.24, 2.45) is 7.05 Å². The van der Waals surface area contributed by atoms with Crippen LogP contribution < -0.4 is 11.2 Å². The van der Waals surface area contributed by atoms with Gasteiger partial charge in [-0.15, -0.1) is 0 Å². The minimum Gasteiger partial charge on any atom is -0.396 e. The summed E-state index contributed by atoms with van der Waals surface area (Å²) < 4.78 is 47.2. The van der Waals surface area contributed by atoms with Crippen molar-refractivity contribution in [2.75, 3.05) is 6.61 Å². The summed E-state index contributed by atoms with van der Waals surface area (Å²) in [5, 5.41) is 9.65. The van der Waals surface area contributed by atoms with Gasteiger partial charge in [0.25, 0.3) is 5.56 Å². The maximum atomic E-state index is 16.1. The number of nitrogens with zero attached hydrogens (tertiary/aromatic N) is 4. The molecule has 0 aliphatic heterocycles. The molecule has 3 aromatic rings. The van der Waals surface area contributed by atoms with E-state index < -0.39 is 48.5 Å². The molecule has 1 aliphatic rings. The second-order valence-corrected chi connectivity index (χ2v) is 8.95. The number of aliphatic hydroxyl groups excluding tert-OH is 1. The number of hydrogen-bond donors (Lipinski definition) is 1. The van der Waals surface area contributed by atoms with E-state index in [1.54, 1.807) is 24.3 Å². The number of benzene rings is 1. The highest BCUT2D eigenvalue weighted by Gasteiger charge is 2.47. The number of imidazole rings is 1. The fraction of sp³-hybridized carbons (Fsp3) is 0.500. The standard InChI is InChI=1S/C22H24ClF3N4O3/c1-28-17-16(18(32)29(20(28)33)11-2-12-31)30(13-14-3-5-15(23)6-4-14)19(27-17)21(24)7-9-22(25,26)10-8-21/h3-6,31H,2,7-13H2,1H3. The van der Waals surface area contributed by atoms with Gasteiger partial charge in [-0.2, -0.15) is 0 Å². The smallest absolute Gasteiger partial charge is 0.332 e. The number of rotatable bonds is 6. The molecule has 0 amide bonds. The Balaban J connectivity index is 1.95. The highest BCUT2D eigenvalue weighted by Crippen LogP contribution is 2.46. The normalized spacial score (nSPS) is 17.5. The first kappa shape index (κ1) is 23.6. The van der Waals surface area contributed by atoms with Crippen LogP contribution in [-0.2, 0) is 25.8 Å². The second kappa shape index (κ2) is 8.64. The van der Waals surface area contributed by atoms with Crippen LogP contribution in [0.3, 0.4) is 0 Å². The van der Waals surface area contributed by atoms with Crippen LogP contribution in [0.25, 0.3) is 11.2 Å². The molecule has 0 spiro atoms. The molecule has 2 aromatic heterocycles. The summed E-state index contributed by atoms with van der Waals surface area (Å²) in [6.45, 7) is -0.199. The lowest BCUT2D eigenvalue weighted by atomic mass is 9.83. The van der Waals surface area contributed by atoms with Crippen molar-refractivity contribution in [1.82, 2.24) is 18.7 Å². The van der Waals surface area contributed by atoms with E-state index in [9.17, 15) is 18.4 Å². The van der Waals surface area contributed by atoms with Crippen molar-refractivity contribution in [1.29, 1.82) is 0 Å². The van der Waals surface area contributed by atoms with Gasteiger partial charge in [0.1, 0.15) is 5.82 Å². The number of aliphatic hydroxyl groups is 1. The first-order chi connectivity index (χ1) is 15.6. The van der Waals surface area contributed by atoms with Gasteiger partial charge >= 0.3 is 5.69 Å². The maximum absolute atomic E-state index is 16.1. The first-order valence-electron chi connectivity index (χ1n) is 10.7. The zero-order valence-electron chi connectivity index (χ0n) is 18.0. The topological polar surface area (TPSA) is 82.0 Å². The molecule has 1 fully saturated rings. The van der Waals surface area contributed by atoms with Gasteiger partial charge in [0.15, 0.2) is 16.8 Å². The molecule has 1 N–H and O–H groups in total. The van der Waals surface area contributed by atoms with Gasteiger partial charge in [-0.05, 0) is 37.0 Å². The molecule has 178 valence electrons. The highest BCUT2D eigenvalue weighted by molar-refractivity contribution is 6.30. The Kier molecular flexibility index (Phi) is 6.17. The van der Waals surface area contributed by atoms with Crippen LogP contribution in [0.1, 0.15) is 43.5 Å². The number of halogens is 4. The van der Waals surface area contributed by atoms with Gasteiger partial charge in [-0.3, -0.25) is 13.9 Å². The predicted octanol–water partition coefficient (Wildman–Crippen LogP) is 3.35. The summed E-state index contributed by atoms with van der Waals surface area (Å²) in [6, 6.07) is 6.73. The lowest BCUT2D eigenvalue weighted by Crippen LogP contribution is -2.40. The number of alkyl halides is 3. The van der Waals surface area contributed by atoms with E-state index in [-0.39, 0.29) is 43.1 Å². The number of fused-ring (bicyclic) bond motifs is 1. The van der Waals surface area contributed by atoms with Crippen LogP contribution in [0.5, 0.6) is 0 Å². The minimum absolute atomic E-state index is 0.00866. The van der Waals surface area contributed by atoms with Gasteiger partial charge in [-0.1, -0.05) is 23.7 Å². The van der Waals surface area contributed by atoms with Gasteiger partial charge < -0.3 is 9.67 Å². The minimum atomic E-state index is -2.95. The third-order valence-corrected chi connectivity index (χ3v) is 6.45. The van der Waals surface area contributed by atoms with Crippen LogP contribution >= 0.6 is 11.6 Å². The SMILES string of the molecule is Cn1c(=O)n(CCCO)c(=O)c2c1nc(C1(F)CCC(F)(F)CC1)n2Cc1ccc(Cl)cc1. The van der Waals surface area contributed by atoms with Crippen molar-refractivity contribution in [2.45, 2.75) is 56.8 Å². The fourth-order valence-electron chi connectivity index (χ4n) is 4.30. The third kappa shape index (κ3) is 4.33. The first-order valence-corrected chi connectivity index (χ1v) is 11.1. The van der Waals surface area contributed by atoms with Gasteiger partial charge in [0, 0.05) is 44.6 Å². The molecule has 0 radical (unpaired) electrons. The molecule has 1 aromatic carbocycles. The average molecular weight is 485 g/mol. The third-order valence-electron chi connectivity index (χ3n) is 6.20. The summed E-state index contributed by atoms with van der Waals surface area (Å²) in [4.78, 5) is 30.4. The fourth-order valence-corrected chi connectivity index (χ4v) is 4.43. The van der Waals surface area contributed by atoms with E-state index in [0.717, 1.165) is 9.13 Å². The molecule has 2 heterocycles. The number of hydrogen-bond acceptors (Lipinski definition) is 4. The molecular formula is C22H24ClF3N4O3. The Hall–Kier alpha value is -2.59. The van der Waals surface area contributed by atoms with E-state index in [1.165, 1.54) is 11.6 Å². The Labute approximate surface area is 192 Å². The lowest BCUT2D eigenvalue weighted by molar-refractivity contribution is -0.0803. The molecule has 11 heteroatoms. The van der Waals surface area contributed by atoms with Gasteiger partial charge in [0.2, 0.25) is 5.92 Å². The van der Waals surface area contributed by atoms with Crippen LogP contribution in [0.4, 0.5) is 13.2 Å². The quantitative estimate of drug-likeness (QED) is 0.581. The Bertz CT molecular complexity index is 1290. The highest BCUT2D eigenvalue weighted by atomic mass is 35.5. The van der Waals surface area contributed by atoms with E-state index in [0.29, 0.717) is 10.6 Å². The molecule has 0 saturated heterocycles. The Morgan fingerprint density at radius 2 is 1.70 bits per heavy atom. The summed E-state index contributed by atoms with van der Waals surface area (Å²) in [5.41, 5.74) is -2.80. The Morgan fingerprint density at radius 3 is 2.30 bits per heavy atom. The number of aromatic nitrogens is 4. The maximum Gasteiger partial charge on any atom is 0.332 e. The van der Waals surface area contributed by atoms with Crippen LogP contribution in [0.15, 0.2) is 33.9 Å². The summed E-state index contributed by atoms with van der Waals surface area (Å²) in [7, 11) is 1.42. The van der Waals surface area contributed by atoms with Crippen molar-refractivity contribution in [3.8, 4) is 0 Å². The van der Waals surface area contributed by atoms with Crippen molar-refractivity contribution in [3.63, 3.8) is 0 Å². The second-order valence-electron chi connectivity index (χ2n) is 8.52. The summed E-state index contributed by atoms with van der Waals surface area (Å²) >= 11 is 5.96. The molecule has 0 atom stereocenters. The molecular weight excluding hydrogens is 461 g/mol. The van der Waals surface area contributed by atoms with E-state index >= 15 is 4.39 Å². The van der Waals surface area contributed by atoms with Crippen LogP contribution in [-0.4, -0.2) is 36.3 Å².